The molecule has 0 fully saturated rings. The Bertz CT molecular complexity index is 1170. The smallest absolute Gasteiger partial charge is 0.243 e. The molecule has 0 bridgehead atoms. The molecule has 0 saturated carbocycles. The molecule has 0 aliphatic rings. The summed E-state index contributed by atoms with van der Waals surface area (Å²) in [5.41, 5.74) is 1.97. The molecule has 0 unspecified atom stereocenters. The van der Waals surface area contributed by atoms with E-state index in [2.05, 4.69) is 5.32 Å². The van der Waals surface area contributed by atoms with Gasteiger partial charge in [0.1, 0.15) is 6.04 Å². The lowest BCUT2D eigenvalue weighted by Crippen LogP contribution is -2.50. The Morgan fingerprint density at radius 3 is 2.33 bits per heavy atom. The topological polar surface area (TPSA) is 86.8 Å². The third-order valence-corrected chi connectivity index (χ3v) is 7.49. The van der Waals surface area contributed by atoms with Crippen molar-refractivity contribution in [2.75, 3.05) is 17.1 Å². The summed E-state index contributed by atoms with van der Waals surface area (Å²) in [5, 5.41) is 3.82. The predicted octanol–water partition coefficient (Wildman–Crippen LogP) is 5.18. The highest BCUT2D eigenvalue weighted by Gasteiger charge is 2.29. The Balaban J connectivity index is 2.26. The number of halogens is 2. The van der Waals surface area contributed by atoms with E-state index in [1.807, 2.05) is 32.9 Å². The first kappa shape index (κ1) is 29.9. The number of aryl methyl sites for hydroxylation is 1. The summed E-state index contributed by atoms with van der Waals surface area (Å²) >= 11 is 12.5. The minimum absolute atomic E-state index is 0.0571. The Morgan fingerprint density at radius 2 is 1.75 bits per heavy atom. The van der Waals surface area contributed by atoms with Gasteiger partial charge in [-0.2, -0.15) is 0 Å². The summed E-state index contributed by atoms with van der Waals surface area (Å²) in [5.74, 6) is -0.489. The van der Waals surface area contributed by atoms with Crippen LogP contribution >= 0.6 is 23.2 Å². The standard InChI is InChI=1S/C26H35Cl2N3O4S/c1-6-23(26(33)29-18(2)3)30(17-20-10-7-8-11-22(20)28)25(32)12-9-15-31(36(5,34)35)24-16-21(27)14-13-19(24)4/h7-8,10-11,13-14,16,18,23H,6,9,12,15,17H2,1-5H3,(H,29,33)/t23-/m0/s1. The van der Waals surface area contributed by atoms with E-state index in [1.165, 1.54) is 9.21 Å². The lowest BCUT2D eigenvalue weighted by molar-refractivity contribution is -0.141. The van der Waals surface area contributed by atoms with E-state index in [9.17, 15) is 18.0 Å². The van der Waals surface area contributed by atoms with Gasteiger partial charge in [0.2, 0.25) is 21.8 Å². The van der Waals surface area contributed by atoms with Crippen LogP contribution in [0.25, 0.3) is 0 Å². The first-order chi connectivity index (χ1) is 16.8. The van der Waals surface area contributed by atoms with Gasteiger partial charge in [-0.05, 0) is 62.9 Å². The number of hydrogen-bond donors (Lipinski definition) is 1. The van der Waals surface area contributed by atoms with Crippen LogP contribution in [0.5, 0.6) is 0 Å². The molecule has 2 amide bonds. The number of rotatable bonds is 12. The van der Waals surface area contributed by atoms with Gasteiger partial charge in [-0.25, -0.2) is 8.42 Å². The lowest BCUT2D eigenvalue weighted by Gasteiger charge is -2.32. The number of sulfonamides is 1. The van der Waals surface area contributed by atoms with Crippen molar-refractivity contribution in [1.82, 2.24) is 10.2 Å². The van der Waals surface area contributed by atoms with Crippen LogP contribution in [0.4, 0.5) is 5.69 Å². The maximum Gasteiger partial charge on any atom is 0.243 e. The van der Waals surface area contributed by atoms with Crippen LogP contribution in [0.3, 0.4) is 0 Å². The van der Waals surface area contributed by atoms with Crippen molar-refractivity contribution in [2.24, 2.45) is 0 Å². The van der Waals surface area contributed by atoms with Gasteiger partial charge in [-0.3, -0.25) is 13.9 Å². The van der Waals surface area contributed by atoms with E-state index in [0.717, 1.165) is 17.4 Å². The van der Waals surface area contributed by atoms with Crippen molar-refractivity contribution in [3.8, 4) is 0 Å². The van der Waals surface area contributed by atoms with E-state index < -0.39 is 16.1 Å². The number of nitrogens with one attached hydrogen (secondary N) is 1. The molecule has 0 radical (unpaired) electrons. The zero-order chi connectivity index (χ0) is 27.0. The average Bonchev–Trinajstić information content (AvgIpc) is 2.78. The fourth-order valence-corrected chi connectivity index (χ4v) is 5.32. The quantitative estimate of drug-likeness (QED) is 0.391. The first-order valence-electron chi connectivity index (χ1n) is 11.9. The summed E-state index contributed by atoms with van der Waals surface area (Å²) < 4.78 is 26.4. The molecule has 1 atom stereocenters. The third kappa shape index (κ3) is 8.39. The Morgan fingerprint density at radius 1 is 1.08 bits per heavy atom. The number of hydrogen-bond acceptors (Lipinski definition) is 4. The highest BCUT2D eigenvalue weighted by atomic mass is 35.5. The SMILES string of the molecule is CC[C@@H](C(=O)NC(C)C)N(Cc1ccccc1Cl)C(=O)CCCN(c1cc(Cl)ccc1C)S(C)(=O)=O. The molecule has 2 aromatic rings. The molecule has 198 valence electrons. The van der Waals surface area contributed by atoms with Gasteiger partial charge in [0.05, 0.1) is 11.9 Å². The van der Waals surface area contributed by atoms with Crippen molar-refractivity contribution in [2.45, 2.75) is 65.6 Å². The first-order valence-corrected chi connectivity index (χ1v) is 14.5. The van der Waals surface area contributed by atoms with Crippen molar-refractivity contribution in [3.05, 3.63) is 63.6 Å². The number of carbonyl (C=O) groups excluding carboxylic acids is 2. The largest absolute Gasteiger partial charge is 0.352 e. The highest BCUT2D eigenvalue weighted by molar-refractivity contribution is 7.92. The van der Waals surface area contributed by atoms with Gasteiger partial charge < -0.3 is 10.2 Å². The summed E-state index contributed by atoms with van der Waals surface area (Å²) in [7, 11) is -3.61. The average molecular weight is 557 g/mol. The van der Waals surface area contributed by atoms with Crippen LogP contribution in [0.1, 0.15) is 51.2 Å². The Labute approximate surface area is 224 Å². The number of benzene rings is 2. The normalized spacial score (nSPS) is 12.3. The zero-order valence-electron chi connectivity index (χ0n) is 21.4. The van der Waals surface area contributed by atoms with E-state index in [1.54, 1.807) is 37.3 Å². The Kier molecular flexibility index (Phi) is 11.1. The second kappa shape index (κ2) is 13.3. The van der Waals surface area contributed by atoms with Crippen LogP contribution < -0.4 is 9.62 Å². The molecule has 36 heavy (non-hydrogen) atoms. The van der Waals surface area contributed by atoms with Crippen LogP contribution in [0, 0.1) is 6.92 Å². The molecule has 0 aromatic heterocycles. The van der Waals surface area contributed by atoms with Gasteiger partial charge in [-0.1, -0.05) is 54.4 Å². The molecule has 7 nitrogen and oxygen atoms in total. The molecule has 0 spiro atoms. The van der Waals surface area contributed by atoms with Crippen molar-refractivity contribution in [1.29, 1.82) is 0 Å². The van der Waals surface area contributed by atoms with Crippen LogP contribution in [0.15, 0.2) is 42.5 Å². The summed E-state index contributed by atoms with van der Waals surface area (Å²) in [6.45, 7) is 7.65. The van der Waals surface area contributed by atoms with Crippen molar-refractivity contribution in [3.63, 3.8) is 0 Å². The molecule has 0 saturated heterocycles. The third-order valence-electron chi connectivity index (χ3n) is 5.71. The highest BCUT2D eigenvalue weighted by Crippen LogP contribution is 2.27. The molecule has 0 heterocycles. The molecule has 2 rings (SSSR count). The number of amides is 2. The number of anilines is 1. The van der Waals surface area contributed by atoms with Gasteiger partial charge in [-0.15, -0.1) is 0 Å². The number of carbonyl (C=O) groups is 2. The van der Waals surface area contributed by atoms with E-state index in [0.29, 0.717) is 22.2 Å². The summed E-state index contributed by atoms with van der Waals surface area (Å²) in [6.07, 6.45) is 1.87. The fourth-order valence-electron chi connectivity index (χ4n) is 3.94. The second-order valence-electron chi connectivity index (χ2n) is 9.07. The minimum Gasteiger partial charge on any atom is -0.352 e. The fraction of sp³-hybridized carbons (Fsp3) is 0.462. The minimum atomic E-state index is -3.61. The lowest BCUT2D eigenvalue weighted by atomic mass is 10.1. The molecule has 2 aromatic carbocycles. The number of nitrogens with zero attached hydrogens (tertiary/aromatic N) is 2. The van der Waals surface area contributed by atoms with E-state index in [-0.39, 0.29) is 43.8 Å². The van der Waals surface area contributed by atoms with Gasteiger partial charge in [0, 0.05) is 35.6 Å². The van der Waals surface area contributed by atoms with Gasteiger partial charge in [0.25, 0.3) is 0 Å². The maximum atomic E-state index is 13.5. The molecule has 1 N–H and O–H groups in total. The van der Waals surface area contributed by atoms with Crippen molar-refractivity contribution < 1.29 is 18.0 Å². The molecule has 0 aliphatic carbocycles. The van der Waals surface area contributed by atoms with Crippen LogP contribution in [-0.4, -0.2) is 50.0 Å². The van der Waals surface area contributed by atoms with E-state index >= 15 is 0 Å². The van der Waals surface area contributed by atoms with Crippen molar-refractivity contribution >= 4 is 50.7 Å². The van der Waals surface area contributed by atoms with E-state index in [4.69, 9.17) is 23.2 Å². The monoisotopic (exact) mass is 555 g/mol. The predicted molar refractivity (Wildman–Crippen MR) is 147 cm³/mol. The Hall–Kier alpha value is -2.29. The molecular formula is C26H35Cl2N3O4S. The van der Waals surface area contributed by atoms with Gasteiger partial charge >= 0.3 is 0 Å². The zero-order valence-corrected chi connectivity index (χ0v) is 23.8. The maximum absolute atomic E-state index is 13.5. The summed E-state index contributed by atoms with van der Waals surface area (Å²) in [4.78, 5) is 27.9. The molecular weight excluding hydrogens is 521 g/mol. The second-order valence-corrected chi connectivity index (χ2v) is 11.8. The van der Waals surface area contributed by atoms with Crippen LogP contribution in [0.2, 0.25) is 10.0 Å². The summed E-state index contributed by atoms with van der Waals surface area (Å²) in [6, 6.07) is 11.5. The van der Waals surface area contributed by atoms with Crippen LogP contribution in [-0.2, 0) is 26.2 Å². The van der Waals surface area contributed by atoms with Gasteiger partial charge in [0.15, 0.2) is 0 Å². The molecule has 10 heteroatoms. The molecule has 0 aliphatic heterocycles.